The van der Waals surface area contributed by atoms with Crippen LogP contribution in [0.2, 0.25) is 0 Å². The van der Waals surface area contributed by atoms with Crippen molar-refractivity contribution in [2.24, 2.45) is 11.8 Å². The highest BCUT2D eigenvalue weighted by Crippen LogP contribution is 2.58. The fourth-order valence-corrected chi connectivity index (χ4v) is 6.43. The van der Waals surface area contributed by atoms with Crippen LogP contribution in [0.5, 0.6) is 5.88 Å². The first-order valence-electron chi connectivity index (χ1n) is 14.6. The Morgan fingerprint density at radius 1 is 1.18 bits per heavy atom. The summed E-state index contributed by atoms with van der Waals surface area (Å²) in [6.45, 7) is 4.52. The van der Waals surface area contributed by atoms with Crippen molar-refractivity contribution in [1.29, 1.82) is 0 Å². The topological polar surface area (TPSA) is 145 Å². The average molecular weight is 600 g/mol. The molecule has 2 N–H and O–H groups in total. The first-order valence-corrected chi connectivity index (χ1v) is 14.6. The molecule has 0 radical (unpaired) electrons. The van der Waals surface area contributed by atoms with Gasteiger partial charge in [0.15, 0.2) is 11.5 Å². The van der Waals surface area contributed by atoms with E-state index in [1.165, 1.54) is 15.5 Å². The number of pyridine rings is 1. The van der Waals surface area contributed by atoms with Gasteiger partial charge in [-0.1, -0.05) is 12.1 Å². The van der Waals surface area contributed by atoms with E-state index in [0.717, 1.165) is 12.6 Å². The van der Waals surface area contributed by atoms with Crippen LogP contribution < -0.4 is 15.4 Å². The summed E-state index contributed by atoms with van der Waals surface area (Å²) in [6.07, 6.45) is 4.13. The highest BCUT2D eigenvalue weighted by molar-refractivity contribution is 6.21. The van der Waals surface area contributed by atoms with Gasteiger partial charge < -0.3 is 20.1 Å². The van der Waals surface area contributed by atoms with E-state index >= 15 is 0 Å². The minimum atomic E-state index is -0.606. The number of hydrogen-bond acceptors (Lipinski definition) is 10. The number of carbonyl (C=O) groups excluding carboxylic acids is 3. The fraction of sp³-hybridized carbons (Fsp3) is 0.355. The van der Waals surface area contributed by atoms with Crippen LogP contribution in [-0.2, 0) is 4.74 Å². The lowest BCUT2D eigenvalue weighted by molar-refractivity contribution is 0.0526. The van der Waals surface area contributed by atoms with E-state index in [4.69, 9.17) is 20.2 Å². The summed E-state index contributed by atoms with van der Waals surface area (Å²) < 4.78 is 27.4. The minimum absolute atomic E-state index is 0.0226. The van der Waals surface area contributed by atoms with Crippen LogP contribution in [0.15, 0.2) is 48.8 Å². The lowest BCUT2D eigenvalue weighted by Gasteiger charge is -2.30. The Labute approximate surface area is 251 Å². The molecule has 0 bridgehead atoms. The summed E-state index contributed by atoms with van der Waals surface area (Å²) in [5.41, 5.74) is 7.77. The van der Waals surface area contributed by atoms with Crippen LogP contribution in [0.3, 0.4) is 0 Å². The average Bonchev–Trinajstić information content (AvgIpc) is 3.43. The Hall–Kier alpha value is -5.07. The molecule has 4 atom stereocenters. The van der Waals surface area contributed by atoms with E-state index in [1.54, 1.807) is 50.4 Å². The van der Waals surface area contributed by atoms with Gasteiger partial charge in [-0.25, -0.2) is 23.7 Å². The Balaban J connectivity index is 1.13. The second-order valence-corrected chi connectivity index (χ2v) is 11.4. The van der Waals surface area contributed by atoms with E-state index in [1.807, 2.05) is 0 Å². The third-order valence-electron chi connectivity index (χ3n) is 8.63. The Bertz CT molecular complexity index is 1790. The highest BCUT2D eigenvalue weighted by atomic mass is 19.1. The number of rotatable bonds is 9. The smallest absolute Gasteiger partial charge is 0.345 e. The van der Waals surface area contributed by atoms with Crippen LogP contribution in [-0.4, -0.2) is 68.1 Å². The molecule has 226 valence electrons. The van der Waals surface area contributed by atoms with Crippen LogP contribution in [0.1, 0.15) is 69.4 Å². The number of benzene rings is 1. The second-order valence-electron chi connectivity index (χ2n) is 11.4. The van der Waals surface area contributed by atoms with Gasteiger partial charge in [-0.15, -0.1) is 5.10 Å². The molecule has 2 fully saturated rings. The molecule has 7 rings (SSSR count). The van der Waals surface area contributed by atoms with Crippen molar-refractivity contribution >= 4 is 35.1 Å². The van der Waals surface area contributed by atoms with Crippen molar-refractivity contribution in [3.05, 3.63) is 76.9 Å². The molecule has 1 aliphatic carbocycles. The third kappa shape index (κ3) is 4.50. The van der Waals surface area contributed by atoms with Crippen molar-refractivity contribution in [3.8, 4) is 5.88 Å². The monoisotopic (exact) mass is 599 g/mol. The number of carbonyl (C=O) groups is 3. The standard InChI is InChI=1S/C31H30FN7O5/c1-3-43-31(42)24-26(33)36-38-10-8-23(35-27(24)38)37-15-17-12-21(17)25(37)22-13-18(32)14-34-28(22)44-11-9-16(2)39-29(40)19-6-4-5-7-20(19)30(39)41/h4-8,10,13-14,16-17,21,25H,3,9,11-12,15H2,1-2H3,(H2,33,36)/t16-,17?,21?,25?/m1/s1. The SMILES string of the molecule is CCOC(=O)c1c(N)nn2ccc(N3CC4CC4C3c3cc(F)cnc3OCC[C@@H](C)N3C(=O)c4ccccc4C3=O)nc12. The number of nitrogens with two attached hydrogens (primary N) is 1. The number of halogens is 1. The number of amides is 2. The number of imide groups is 1. The predicted molar refractivity (Wildman–Crippen MR) is 156 cm³/mol. The van der Waals surface area contributed by atoms with Crippen molar-refractivity contribution in [3.63, 3.8) is 0 Å². The number of piperidine rings is 1. The molecule has 0 spiro atoms. The molecule has 1 saturated carbocycles. The lowest BCUT2D eigenvalue weighted by Crippen LogP contribution is -2.38. The summed E-state index contributed by atoms with van der Waals surface area (Å²) in [5.74, 6) is -0.225. The Morgan fingerprint density at radius 2 is 1.93 bits per heavy atom. The molecular weight excluding hydrogens is 569 g/mol. The maximum absolute atomic E-state index is 14.7. The molecule has 13 heteroatoms. The van der Waals surface area contributed by atoms with Gasteiger partial charge in [0, 0.05) is 30.8 Å². The molecule has 1 aromatic carbocycles. The van der Waals surface area contributed by atoms with Gasteiger partial charge in [0.05, 0.1) is 36.6 Å². The molecule has 1 saturated heterocycles. The third-order valence-corrected chi connectivity index (χ3v) is 8.63. The molecule has 5 heterocycles. The van der Waals surface area contributed by atoms with Crippen molar-refractivity contribution < 1.29 is 28.2 Å². The van der Waals surface area contributed by atoms with Gasteiger partial charge in [-0.3, -0.25) is 14.5 Å². The van der Waals surface area contributed by atoms with Crippen LogP contribution >= 0.6 is 0 Å². The minimum Gasteiger partial charge on any atom is -0.477 e. The molecule has 12 nitrogen and oxygen atoms in total. The molecular formula is C31H30FN7O5. The van der Waals surface area contributed by atoms with Gasteiger partial charge in [-0.2, -0.15) is 0 Å². The maximum Gasteiger partial charge on any atom is 0.345 e. The van der Waals surface area contributed by atoms with E-state index in [2.05, 4.69) is 15.0 Å². The fourth-order valence-electron chi connectivity index (χ4n) is 6.43. The number of esters is 1. The zero-order valence-corrected chi connectivity index (χ0v) is 24.1. The van der Waals surface area contributed by atoms with Gasteiger partial charge in [-0.05, 0) is 56.4 Å². The van der Waals surface area contributed by atoms with Crippen LogP contribution in [0, 0.1) is 17.7 Å². The Morgan fingerprint density at radius 3 is 2.66 bits per heavy atom. The molecule has 3 aromatic heterocycles. The zero-order chi connectivity index (χ0) is 30.7. The maximum atomic E-state index is 14.7. The summed E-state index contributed by atoms with van der Waals surface area (Å²) in [4.78, 5) is 50.8. The van der Waals surface area contributed by atoms with Crippen LogP contribution in [0.4, 0.5) is 16.0 Å². The largest absolute Gasteiger partial charge is 0.477 e. The van der Waals surface area contributed by atoms with Gasteiger partial charge in [0.2, 0.25) is 5.88 Å². The van der Waals surface area contributed by atoms with E-state index in [0.29, 0.717) is 41.4 Å². The van der Waals surface area contributed by atoms with Crippen molar-refractivity contribution in [2.45, 2.75) is 38.8 Å². The summed E-state index contributed by atoms with van der Waals surface area (Å²) >= 11 is 0. The molecule has 4 aromatic rings. The quantitative estimate of drug-likeness (QED) is 0.223. The number of anilines is 2. The van der Waals surface area contributed by atoms with Gasteiger partial charge >= 0.3 is 5.97 Å². The number of nitrogen functional groups attached to an aromatic ring is 1. The highest BCUT2D eigenvalue weighted by Gasteiger charge is 2.54. The predicted octanol–water partition coefficient (Wildman–Crippen LogP) is 3.67. The number of fused-ring (bicyclic) bond motifs is 3. The summed E-state index contributed by atoms with van der Waals surface area (Å²) in [5, 5.41) is 4.20. The van der Waals surface area contributed by atoms with Crippen molar-refractivity contribution in [2.75, 3.05) is 30.4 Å². The lowest BCUT2D eigenvalue weighted by atomic mass is 10.0. The molecule has 2 aliphatic heterocycles. The van der Waals surface area contributed by atoms with Gasteiger partial charge in [0.25, 0.3) is 11.8 Å². The first kappa shape index (κ1) is 27.7. The van der Waals surface area contributed by atoms with E-state index in [-0.39, 0.29) is 59.9 Å². The number of hydrogen-bond donors (Lipinski definition) is 1. The summed E-state index contributed by atoms with van der Waals surface area (Å²) in [6, 6.07) is 9.30. The molecule has 2 amide bonds. The number of aromatic nitrogens is 4. The van der Waals surface area contributed by atoms with E-state index < -0.39 is 17.8 Å². The molecule has 3 aliphatic rings. The Kier molecular flexibility index (Phi) is 6.67. The number of ether oxygens (including phenoxy) is 2. The normalized spacial score (nSPS) is 21.0. The molecule has 44 heavy (non-hydrogen) atoms. The molecule has 3 unspecified atom stereocenters. The van der Waals surface area contributed by atoms with Crippen LogP contribution in [0.25, 0.3) is 5.65 Å². The van der Waals surface area contributed by atoms with Gasteiger partial charge in [0.1, 0.15) is 17.2 Å². The second kappa shape index (κ2) is 10.6. The number of nitrogens with zero attached hydrogens (tertiary/aromatic N) is 6. The van der Waals surface area contributed by atoms with Crippen molar-refractivity contribution in [1.82, 2.24) is 24.5 Å². The van der Waals surface area contributed by atoms with E-state index in [9.17, 15) is 18.8 Å². The zero-order valence-electron chi connectivity index (χ0n) is 24.1. The summed E-state index contributed by atoms with van der Waals surface area (Å²) in [7, 11) is 0. The first-order chi connectivity index (χ1) is 21.3.